The summed E-state index contributed by atoms with van der Waals surface area (Å²) in [5.74, 6) is 0. The van der Waals surface area contributed by atoms with Gasteiger partial charge in [-0.25, -0.2) is 4.57 Å². The van der Waals surface area contributed by atoms with Gasteiger partial charge in [0.1, 0.15) is 18.3 Å². The molecule has 3 atom stereocenters. The minimum absolute atomic E-state index is 0.0592. The standard InChI is InChI=1S/C5H11O7P/c6-3-1-11-4(5(3)7)2-12-13(8,9)10/h3-7H,1-2H2,(H2,8,9,10)/t3-,4-,5+/m1/s1. The monoisotopic (exact) mass is 214 g/mol. The van der Waals surface area contributed by atoms with Crippen molar-refractivity contribution in [2.24, 2.45) is 0 Å². The summed E-state index contributed by atoms with van der Waals surface area (Å²) < 4.78 is 19.2. The predicted molar refractivity (Wildman–Crippen MR) is 39.7 cm³/mol. The van der Waals surface area contributed by atoms with Gasteiger partial charge in [-0.2, -0.15) is 0 Å². The molecule has 0 aromatic rings. The number of hydrogen-bond donors (Lipinski definition) is 4. The minimum atomic E-state index is -4.54. The Morgan fingerprint density at radius 3 is 2.46 bits per heavy atom. The van der Waals surface area contributed by atoms with Crippen LogP contribution in [0.2, 0.25) is 0 Å². The summed E-state index contributed by atoms with van der Waals surface area (Å²) in [6.45, 7) is -0.501. The molecule has 7 nitrogen and oxygen atoms in total. The molecule has 0 radical (unpaired) electrons. The number of aliphatic hydroxyl groups is 2. The van der Waals surface area contributed by atoms with E-state index in [9.17, 15) is 4.57 Å². The van der Waals surface area contributed by atoms with Crippen LogP contribution < -0.4 is 0 Å². The molecule has 0 spiro atoms. The van der Waals surface area contributed by atoms with Crippen molar-refractivity contribution < 1.29 is 33.8 Å². The lowest BCUT2D eigenvalue weighted by atomic mass is 10.2. The topological polar surface area (TPSA) is 116 Å². The van der Waals surface area contributed by atoms with E-state index in [2.05, 4.69) is 4.52 Å². The van der Waals surface area contributed by atoms with Crippen LogP contribution in [0.3, 0.4) is 0 Å². The number of phosphoric acid groups is 1. The van der Waals surface area contributed by atoms with Gasteiger partial charge in [-0.3, -0.25) is 4.52 Å². The van der Waals surface area contributed by atoms with Gasteiger partial charge in [0.05, 0.1) is 13.2 Å². The lowest BCUT2D eigenvalue weighted by Crippen LogP contribution is -2.32. The Hall–Kier alpha value is -0.0100. The molecule has 1 heterocycles. The van der Waals surface area contributed by atoms with E-state index in [1.54, 1.807) is 0 Å². The molecule has 0 unspecified atom stereocenters. The zero-order valence-electron chi connectivity index (χ0n) is 6.61. The number of phosphoric ester groups is 1. The van der Waals surface area contributed by atoms with E-state index in [0.717, 1.165) is 0 Å². The van der Waals surface area contributed by atoms with Gasteiger partial charge in [-0.05, 0) is 0 Å². The van der Waals surface area contributed by atoms with E-state index < -0.39 is 32.7 Å². The summed E-state index contributed by atoms with van der Waals surface area (Å²) in [6, 6.07) is 0. The molecular weight excluding hydrogens is 203 g/mol. The van der Waals surface area contributed by atoms with Gasteiger partial charge >= 0.3 is 7.82 Å². The van der Waals surface area contributed by atoms with E-state index in [1.807, 2.05) is 0 Å². The van der Waals surface area contributed by atoms with Gasteiger partial charge in [0, 0.05) is 0 Å². The molecule has 8 heteroatoms. The van der Waals surface area contributed by atoms with Crippen molar-refractivity contribution >= 4 is 7.82 Å². The van der Waals surface area contributed by atoms with Crippen molar-refractivity contribution in [1.29, 1.82) is 0 Å². The van der Waals surface area contributed by atoms with Crippen LogP contribution in [-0.2, 0) is 13.8 Å². The molecule has 0 aromatic heterocycles. The van der Waals surface area contributed by atoms with Crippen LogP contribution in [0.15, 0.2) is 0 Å². The Morgan fingerprint density at radius 2 is 2.08 bits per heavy atom. The lowest BCUT2D eigenvalue weighted by Gasteiger charge is -2.14. The van der Waals surface area contributed by atoms with Gasteiger partial charge in [-0.15, -0.1) is 0 Å². The number of aliphatic hydroxyl groups excluding tert-OH is 2. The van der Waals surface area contributed by atoms with Gasteiger partial charge in [0.25, 0.3) is 0 Å². The molecule has 13 heavy (non-hydrogen) atoms. The highest BCUT2D eigenvalue weighted by atomic mass is 31.2. The predicted octanol–water partition coefficient (Wildman–Crippen LogP) is -1.78. The first-order chi connectivity index (χ1) is 5.90. The summed E-state index contributed by atoms with van der Waals surface area (Å²) in [7, 11) is -4.54. The Balaban J connectivity index is 2.35. The molecule has 0 aliphatic carbocycles. The third-order valence-corrected chi connectivity index (χ3v) is 2.15. The normalized spacial score (nSPS) is 35.2. The van der Waals surface area contributed by atoms with E-state index in [-0.39, 0.29) is 6.61 Å². The molecule has 0 amide bonds. The molecule has 1 saturated heterocycles. The zero-order valence-corrected chi connectivity index (χ0v) is 7.50. The van der Waals surface area contributed by atoms with Gasteiger partial charge < -0.3 is 24.7 Å². The Morgan fingerprint density at radius 1 is 1.46 bits per heavy atom. The maximum atomic E-state index is 10.2. The van der Waals surface area contributed by atoms with E-state index >= 15 is 0 Å². The van der Waals surface area contributed by atoms with Gasteiger partial charge in [0.15, 0.2) is 0 Å². The van der Waals surface area contributed by atoms with Crippen molar-refractivity contribution in [2.75, 3.05) is 13.2 Å². The molecule has 0 bridgehead atoms. The molecule has 0 aromatic carbocycles. The SMILES string of the molecule is O=P(O)(O)OC[C@H]1OC[C@@H](O)[C@@H]1O. The van der Waals surface area contributed by atoms with Crippen LogP contribution in [0.4, 0.5) is 0 Å². The third kappa shape index (κ3) is 3.32. The lowest BCUT2D eigenvalue weighted by molar-refractivity contribution is -0.00596. The summed E-state index contributed by atoms with van der Waals surface area (Å²) >= 11 is 0. The Kier molecular flexibility index (Phi) is 3.42. The first-order valence-electron chi connectivity index (χ1n) is 3.58. The fourth-order valence-electron chi connectivity index (χ4n) is 0.984. The summed E-state index contributed by atoms with van der Waals surface area (Å²) in [4.78, 5) is 16.6. The molecule has 1 rings (SSSR count). The molecule has 4 N–H and O–H groups in total. The van der Waals surface area contributed by atoms with Crippen LogP contribution in [0.1, 0.15) is 0 Å². The van der Waals surface area contributed by atoms with Crippen molar-refractivity contribution in [1.82, 2.24) is 0 Å². The highest BCUT2D eigenvalue weighted by molar-refractivity contribution is 7.46. The molecule has 1 fully saturated rings. The smallest absolute Gasteiger partial charge is 0.388 e. The maximum Gasteiger partial charge on any atom is 0.469 e. The fourth-order valence-corrected chi connectivity index (χ4v) is 1.33. The largest absolute Gasteiger partial charge is 0.469 e. The second kappa shape index (κ2) is 4.02. The van der Waals surface area contributed by atoms with Crippen LogP contribution in [0, 0.1) is 0 Å². The first-order valence-corrected chi connectivity index (χ1v) is 5.11. The average Bonchev–Trinajstić information content (AvgIpc) is 2.29. The average molecular weight is 214 g/mol. The van der Waals surface area contributed by atoms with Crippen LogP contribution in [0.25, 0.3) is 0 Å². The molecule has 1 aliphatic rings. The quantitative estimate of drug-likeness (QED) is 0.410. The second-order valence-electron chi connectivity index (χ2n) is 2.72. The second-order valence-corrected chi connectivity index (χ2v) is 3.96. The van der Waals surface area contributed by atoms with Crippen LogP contribution >= 0.6 is 7.82 Å². The number of hydrogen-bond acceptors (Lipinski definition) is 5. The summed E-state index contributed by atoms with van der Waals surface area (Å²) in [6.07, 6.45) is -3.07. The summed E-state index contributed by atoms with van der Waals surface area (Å²) in [5, 5.41) is 18.1. The van der Waals surface area contributed by atoms with Crippen LogP contribution in [0.5, 0.6) is 0 Å². The van der Waals surface area contributed by atoms with Crippen molar-refractivity contribution in [2.45, 2.75) is 18.3 Å². The number of ether oxygens (including phenoxy) is 1. The first kappa shape index (κ1) is 11.1. The highest BCUT2D eigenvalue weighted by Gasteiger charge is 2.35. The highest BCUT2D eigenvalue weighted by Crippen LogP contribution is 2.36. The van der Waals surface area contributed by atoms with Gasteiger partial charge in [-0.1, -0.05) is 0 Å². The van der Waals surface area contributed by atoms with Crippen LogP contribution in [-0.4, -0.2) is 51.5 Å². The fraction of sp³-hybridized carbons (Fsp3) is 1.00. The van der Waals surface area contributed by atoms with Crippen molar-refractivity contribution in [3.63, 3.8) is 0 Å². The molecular formula is C5H11O7P. The van der Waals surface area contributed by atoms with E-state index in [1.165, 1.54) is 0 Å². The van der Waals surface area contributed by atoms with Crippen molar-refractivity contribution in [3.05, 3.63) is 0 Å². The Bertz CT molecular complexity index is 213. The molecule has 78 valence electrons. The maximum absolute atomic E-state index is 10.2. The van der Waals surface area contributed by atoms with Gasteiger partial charge in [0.2, 0.25) is 0 Å². The minimum Gasteiger partial charge on any atom is -0.388 e. The molecule has 0 saturated carbocycles. The Labute approximate surface area is 74.1 Å². The zero-order chi connectivity index (χ0) is 10.1. The molecule has 1 aliphatic heterocycles. The number of rotatable bonds is 3. The van der Waals surface area contributed by atoms with E-state index in [0.29, 0.717) is 0 Å². The van der Waals surface area contributed by atoms with E-state index in [4.69, 9.17) is 24.7 Å². The summed E-state index contributed by atoms with van der Waals surface area (Å²) in [5.41, 5.74) is 0. The third-order valence-electron chi connectivity index (χ3n) is 1.66. The van der Waals surface area contributed by atoms with Crippen molar-refractivity contribution in [3.8, 4) is 0 Å².